The van der Waals surface area contributed by atoms with Crippen molar-refractivity contribution in [2.24, 2.45) is 5.92 Å². The van der Waals surface area contributed by atoms with Gasteiger partial charge in [-0.15, -0.1) is 0 Å². The van der Waals surface area contributed by atoms with Crippen molar-refractivity contribution in [1.29, 1.82) is 0 Å². The molecule has 4 heteroatoms. The molecule has 1 amide bonds. The summed E-state index contributed by atoms with van der Waals surface area (Å²) < 4.78 is 4.93. The fourth-order valence-electron chi connectivity index (χ4n) is 1.59. The summed E-state index contributed by atoms with van der Waals surface area (Å²) >= 11 is 0. The van der Waals surface area contributed by atoms with E-state index in [2.05, 4.69) is 24.5 Å². The minimum atomic E-state index is -0.113. The first-order valence-corrected chi connectivity index (χ1v) is 6.65. The van der Waals surface area contributed by atoms with Crippen LogP contribution < -0.4 is 10.6 Å². The molecule has 0 heterocycles. The molecule has 0 aromatic heterocycles. The van der Waals surface area contributed by atoms with Crippen molar-refractivity contribution in [1.82, 2.24) is 10.6 Å². The largest absolute Gasteiger partial charge is 0.385 e. The molecule has 1 unspecified atom stereocenters. The van der Waals surface area contributed by atoms with Crippen LogP contribution in [0.15, 0.2) is 0 Å². The molecule has 0 rings (SSSR count). The molecule has 17 heavy (non-hydrogen) atoms. The minimum Gasteiger partial charge on any atom is -0.385 e. The van der Waals surface area contributed by atoms with Crippen LogP contribution in [0.1, 0.15) is 40.0 Å². The molecule has 0 saturated heterocycles. The van der Waals surface area contributed by atoms with E-state index >= 15 is 0 Å². The zero-order chi connectivity index (χ0) is 13.1. The lowest BCUT2D eigenvalue weighted by molar-refractivity contribution is -0.122. The molecular formula is C13H28N2O2. The van der Waals surface area contributed by atoms with Crippen LogP contribution in [0, 0.1) is 5.92 Å². The third-order valence-electron chi connectivity index (χ3n) is 3.09. The summed E-state index contributed by atoms with van der Waals surface area (Å²) in [6.07, 6.45) is 3.18. The average Bonchev–Trinajstić information content (AvgIpc) is 2.35. The number of carbonyl (C=O) groups excluding carboxylic acids is 1. The van der Waals surface area contributed by atoms with Gasteiger partial charge in [0.15, 0.2) is 0 Å². The highest BCUT2D eigenvalue weighted by Gasteiger charge is 2.12. The van der Waals surface area contributed by atoms with E-state index in [0.29, 0.717) is 19.1 Å². The Hall–Kier alpha value is -0.610. The normalized spacial score (nSPS) is 12.8. The number of amides is 1. The van der Waals surface area contributed by atoms with Gasteiger partial charge in [0.2, 0.25) is 5.91 Å². The molecule has 0 aliphatic rings. The number of rotatable bonds is 10. The Bertz CT molecular complexity index is 194. The van der Waals surface area contributed by atoms with Crippen molar-refractivity contribution in [3.8, 4) is 0 Å². The van der Waals surface area contributed by atoms with E-state index in [1.165, 1.54) is 0 Å². The zero-order valence-electron chi connectivity index (χ0n) is 11.7. The van der Waals surface area contributed by atoms with Crippen LogP contribution in [-0.4, -0.2) is 38.8 Å². The number of hydrogen-bond donors (Lipinski definition) is 2. The van der Waals surface area contributed by atoms with Crippen LogP contribution in [-0.2, 0) is 9.53 Å². The van der Waals surface area contributed by atoms with Gasteiger partial charge in [0.1, 0.15) is 0 Å². The second-order valence-corrected chi connectivity index (χ2v) is 4.45. The van der Waals surface area contributed by atoms with Gasteiger partial charge in [-0.25, -0.2) is 0 Å². The fraction of sp³-hybridized carbons (Fsp3) is 0.923. The fourth-order valence-corrected chi connectivity index (χ4v) is 1.59. The van der Waals surface area contributed by atoms with E-state index in [4.69, 9.17) is 4.74 Å². The molecule has 102 valence electrons. The Morgan fingerprint density at radius 3 is 2.47 bits per heavy atom. The SMILES string of the molecule is CCC(CC)CNC(C)C(=O)NCCCOC. The van der Waals surface area contributed by atoms with Gasteiger partial charge in [-0.05, 0) is 25.8 Å². The lowest BCUT2D eigenvalue weighted by Crippen LogP contribution is -2.44. The Kier molecular flexibility index (Phi) is 10.2. The Labute approximate surface area is 105 Å². The third-order valence-corrected chi connectivity index (χ3v) is 3.09. The van der Waals surface area contributed by atoms with Gasteiger partial charge < -0.3 is 15.4 Å². The lowest BCUT2D eigenvalue weighted by Gasteiger charge is -2.18. The van der Waals surface area contributed by atoms with Gasteiger partial charge in [-0.2, -0.15) is 0 Å². The average molecular weight is 244 g/mol. The van der Waals surface area contributed by atoms with Crippen molar-refractivity contribution in [2.75, 3.05) is 26.8 Å². The molecule has 0 radical (unpaired) electrons. The second-order valence-electron chi connectivity index (χ2n) is 4.45. The molecule has 0 aliphatic carbocycles. The van der Waals surface area contributed by atoms with Crippen LogP contribution in [0.25, 0.3) is 0 Å². The zero-order valence-corrected chi connectivity index (χ0v) is 11.7. The smallest absolute Gasteiger partial charge is 0.236 e. The molecule has 2 N–H and O–H groups in total. The quantitative estimate of drug-likeness (QED) is 0.573. The molecule has 0 aromatic carbocycles. The molecule has 1 atom stereocenters. The molecular weight excluding hydrogens is 216 g/mol. The van der Waals surface area contributed by atoms with Gasteiger partial charge >= 0.3 is 0 Å². The van der Waals surface area contributed by atoms with E-state index < -0.39 is 0 Å². The number of carbonyl (C=O) groups is 1. The predicted molar refractivity (Wildman–Crippen MR) is 71.0 cm³/mol. The van der Waals surface area contributed by atoms with Gasteiger partial charge in [-0.1, -0.05) is 26.7 Å². The number of hydrogen-bond acceptors (Lipinski definition) is 3. The molecule has 0 spiro atoms. The van der Waals surface area contributed by atoms with Crippen molar-refractivity contribution in [3.63, 3.8) is 0 Å². The van der Waals surface area contributed by atoms with Gasteiger partial charge in [0.05, 0.1) is 6.04 Å². The second kappa shape index (κ2) is 10.5. The van der Waals surface area contributed by atoms with Crippen molar-refractivity contribution < 1.29 is 9.53 Å². The minimum absolute atomic E-state index is 0.0760. The van der Waals surface area contributed by atoms with Crippen LogP contribution in [0.3, 0.4) is 0 Å². The maximum absolute atomic E-state index is 11.7. The van der Waals surface area contributed by atoms with Crippen molar-refractivity contribution in [2.45, 2.75) is 46.1 Å². The van der Waals surface area contributed by atoms with Crippen LogP contribution in [0.2, 0.25) is 0 Å². The summed E-state index contributed by atoms with van der Waals surface area (Å²) in [6.45, 7) is 8.57. The van der Waals surface area contributed by atoms with Gasteiger partial charge in [0, 0.05) is 20.3 Å². The first-order chi connectivity index (χ1) is 8.15. The van der Waals surface area contributed by atoms with E-state index in [0.717, 1.165) is 25.8 Å². The Morgan fingerprint density at radius 1 is 1.29 bits per heavy atom. The van der Waals surface area contributed by atoms with Crippen LogP contribution >= 0.6 is 0 Å². The monoisotopic (exact) mass is 244 g/mol. The Morgan fingerprint density at radius 2 is 1.94 bits per heavy atom. The highest BCUT2D eigenvalue weighted by molar-refractivity contribution is 5.81. The molecule has 0 bridgehead atoms. The molecule has 0 aromatic rings. The van der Waals surface area contributed by atoms with E-state index in [9.17, 15) is 4.79 Å². The predicted octanol–water partition coefficient (Wildman–Crippen LogP) is 1.55. The van der Waals surface area contributed by atoms with Gasteiger partial charge in [-0.3, -0.25) is 4.79 Å². The maximum Gasteiger partial charge on any atom is 0.236 e. The summed E-state index contributed by atoms with van der Waals surface area (Å²) in [4.78, 5) is 11.7. The maximum atomic E-state index is 11.7. The van der Waals surface area contributed by atoms with E-state index in [1.807, 2.05) is 6.92 Å². The number of methoxy groups -OCH3 is 1. The van der Waals surface area contributed by atoms with Gasteiger partial charge in [0.25, 0.3) is 0 Å². The number of nitrogens with one attached hydrogen (secondary N) is 2. The first-order valence-electron chi connectivity index (χ1n) is 6.65. The first kappa shape index (κ1) is 16.4. The highest BCUT2D eigenvalue weighted by atomic mass is 16.5. The molecule has 0 aliphatic heterocycles. The van der Waals surface area contributed by atoms with Crippen molar-refractivity contribution in [3.05, 3.63) is 0 Å². The summed E-state index contributed by atoms with van der Waals surface area (Å²) in [5, 5.41) is 6.18. The highest BCUT2D eigenvalue weighted by Crippen LogP contribution is 2.05. The standard InChI is InChI=1S/C13H28N2O2/c1-5-12(6-2)10-15-11(3)13(16)14-8-7-9-17-4/h11-12,15H,5-10H2,1-4H3,(H,14,16). The molecule has 4 nitrogen and oxygen atoms in total. The number of ether oxygens (including phenoxy) is 1. The summed E-state index contributed by atoms with van der Waals surface area (Å²) in [7, 11) is 1.67. The van der Waals surface area contributed by atoms with Crippen LogP contribution in [0.5, 0.6) is 0 Å². The summed E-state index contributed by atoms with van der Waals surface area (Å²) in [6, 6.07) is -0.113. The topological polar surface area (TPSA) is 50.4 Å². The summed E-state index contributed by atoms with van der Waals surface area (Å²) in [5.74, 6) is 0.741. The van der Waals surface area contributed by atoms with Crippen molar-refractivity contribution >= 4 is 5.91 Å². The third kappa shape index (κ3) is 8.16. The van der Waals surface area contributed by atoms with E-state index in [-0.39, 0.29) is 11.9 Å². The van der Waals surface area contributed by atoms with Crippen LogP contribution in [0.4, 0.5) is 0 Å². The summed E-state index contributed by atoms with van der Waals surface area (Å²) in [5.41, 5.74) is 0. The Balaban J connectivity index is 3.66. The van der Waals surface area contributed by atoms with E-state index in [1.54, 1.807) is 7.11 Å². The lowest BCUT2D eigenvalue weighted by atomic mass is 10.0. The molecule has 0 saturated carbocycles. The molecule has 0 fully saturated rings.